The molecule has 1 aliphatic carbocycles. The number of hydrogen-bond donors (Lipinski definition) is 1. The van der Waals surface area contributed by atoms with Gasteiger partial charge in [-0.05, 0) is 30.3 Å². The summed E-state index contributed by atoms with van der Waals surface area (Å²) in [5, 5.41) is 10.2. The van der Waals surface area contributed by atoms with E-state index in [0.29, 0.717) is 6.61 Å². The number of aliphatic hydroxyl groups is 1. The van der Waals surface area contributed by atoms with Crippen molar-refractivity contribution in [3.8, 4) is 0 Å². The third-order valence-corrected chi connectivity index (χ3v) is 2.96. The van der Waals surface area contributed by atoms with Gasteiger partial charge >= 0.3 is 0 Å². The van der Waals surface area contributed by atoms with E-state index in [-0.39, 0.29) is 5.41 Å². The van der Waals surface area contributed by atoms with Crippen molar-refractivity contribution in [1.29, 1.82) is 0 Å². The van der Waals surface area contributed by atoms with Crippen LogP contribution in [0.3, 0.4) is 0 Å². The smallest absolute Gasteiger partial charge is 0.0881 e. The molecule has 1 atom stereocenters. The highest BCUT2D eigenvalue weighted by Crippen LogP contribution is 2.46. The molecule has 0 saturated heterocycles. The average molecular weight is 184 g/mol. The number of rotatable bonds is 3. The molecule has 1 fully saturated rings. The van der Waals surface area contributed by atoms with Crippen LogP contribution in [0.2, 0.25) is 0 Å². The summed E-state index contributed by atoms with van der Waals surface area (Å²) in [5.74, 6) is 0. The molecule has 76 valence electrons. The van der Waals surface area contributed by atoms with Crippen molar-refractivity contribution in [3.05, 3.63) is 12.2 Å². The molecule has 1 unspecified atom stereocenters. The Hall–Kier alpha value is -0.340. The van der Waals surface area contributed by atoms with Gasteiger partial charge in [0.1, 0.15) is 0 Å². The van der Waals surface area contributed by atoms with Crippen LogP contribution in [0, 0.1) is 5.41 Å². The SMILES string of the molecule is C=C(COC)C1(O)CCC(C)(C)C1. The monoisotopic (exact) mass is 184 g/mol. The van der Waals surface area contributed by atoms with Crippen LogP contribution in [-0.4, -0.2) is 24.4 Å². The zero-order valence-corrected chi connectivity index (χ0v) is 8.89. The first kappa shape index (κ1) is 10.7. The Labute approximate surface area is 80.6 Å². The van der Waals surface area contributed by atoms with Crippen molar-refractivity contribution < 1.29 is 9.84 Å². The second kappa shape index (κ2) is 3.43. The quantitative estimate of drug-likeness (QED) is 0.681. The summed E-state index contributed by atoms with van der Waals surface area (Å²) in [4.78, 5) is 0. The lowest BCUT2D eigenvalue weighted by Crippen LogP contribution is -2.30. The van der Waals surface area contributed by atoms with Crippen LogP contribution in [0.15, 0.2) is 12.2 Å². The number of ether oxygens (including phenoxy) is 1. The molecule has 1 rings (SSSR count). The molecule has 0 heterocycles. The van der Waals surface area contributed by atoms with Crippen molar-refractivity contribution in [2.75, 3.05) is 13.7 Å². The van der Waals surface area contributed by atoms with Crippen molar-refractivity contribution >= 4 is 0 Å². The van der Waals surface area contributed by atoms with E-state index in [1.54, 1.807) is 7.11 Å². The van der Waals surface area contributed by atoms with Gasteiger partial charge in [-0.15, -0.1) is 0 Å². The standard InChI is InChI=1S/C11H20O2/c1-9(7-13-4)11(12)6-5-10(2,3)8-11/h12H,1,5-8H2,2-4H3. The van der Waals surface area contributed by atoms with Crippen LogP contribution >= 0.6 is 0 Å². The van der Waals surface area contributed by atoms with Gasteiger partial charge in [0.05, 0.1) is 12.2 Å². The topological polar surface area (TPSA) is 29.5 Å². The predicted octanol–water partition coefficient (Wildman–Crippen LogP) is 2.13. The van der Waals surface area contributed by atoms with E-state index in [2.05, 4.69) is 20.4 Å². The van der Waals surface area contributed by atoms with Crippen LogP contribution in [0.4, 0.5) is 0 Å². The summed E-state index contributed by atoms with van der Waals surface area (Å²) in [6, 6.07) is 0. The molecular formula is C11H20O2. The van der Waals surface area contributed by atoms with Crippen molar-refractivity contribution in [2.24, 2.45) is 5.41 Å². The molecule has 0 aliphatic heterocycles. The highest BCUT2D eigenvalue weighted by atomic mass is 16.5. The van der Waals surface area contributed by atoms with E-state index in [4.69, 9.17) is 4.74 Å². The van der Waals surface area contributed by atoms with E-state index < -0.39 is 5.60 Å². The zero-order valence-electron chi connectivity index (χ0n) is 8.89. The van der Waals surface area contributed by atoms with E-state index >= 15 is 0 Å². The Kier molecular flexibility index (Phi) is 2.83. The van der Waals surface area contributed by atoms with Crippen LogP contribution < -0.4 is 0 Å². The second-order valence-corrected chi connectivity index (χ2v) is 4.91. The fourth-order valence-corrected chi connectivity index (χ4v) is 2.12. The van der Waals surface area contributed by atoms with Crippen molar-refractivity contribution in [3.63, 3.8) is 0 Å². The van der Waals surface area contributed by atoms with Crippen molar-refractivity contribution in [2.45, 2.75) is 38.7 Å². The van der Waals surface area contributed by atoms with Crippen LogP contribution in [0.5, 0.6) is 0 Å². The Bertz CT molecular complexity index is 208. The third kappa shape index (κ3) is 2.32. The summed E-state index contributed by atoms with van der Waals surface area (Å²) in [6.07, 6.45) is 2.69. The predicted molar refractivity (Wildman–Crippen MR) is 53.6 cm³/mol. The van der Waals surface area contributed by atoms with Gasteiger partial charge in [0.15, 0.2) is 0 Å². The summed E-state index contributed by atoms with van der Waals surface area (Å²) >= 11 is 0. The maximum atomic E-state index is 10.2. The lowest BCUT2D eigenvalue weighted by molar-refractivity contribution is 0.0577. The molecule has 0 aromatic rings. The highest BCUT2D eigenvalue weighted by Gasteiger charge is 2.43. The molecule has 0 amide bonds. The molecule has 1 aliphatic rings. The molecule has 13 heavy (non-hydrogen) atoms. The van der Waals surface area contributed by atoms with E-state index in [9.17, 15) is 5.11 Å². The minimum absolute atomic E-state index is 0.241. The van der Waals surface area contributed by atoms with Crippen molar-refractivity contribution in [1.82, 2.24) is 0 Å². The maximum Gasteiger partial charge on any atom is 0.0881 e. The maximum absolute atomic E-state index is 10.2. The van der Waals surface area contributed by atoms with Crippen LogP contribution in [0.1, 0.15) is 33.1 Å². The zero-order chi connectivity index (χ0) is 10.1. The first-order chi connectivity index (χ1) is 5.90. The van der Waals surface area contributed by atoms with E-state index in [1.807, 2.05) is 0 Å². The lowest BCUT2D eigenvalue weighted by Gasteiger charge is -2.27. The normalized spacial score (nSPS) is 32.0. The van der Waals surface area contributed by atoms with Gasteiger partial charge in [-0.1, -0.05) is 20.4 Å². The Morgan fingerprint density at radius 2 is 2.08 bits per heavy atom. The van der Waals surface area contributed by atoms with Gasteiger partial charge in [0, 0.05) is 7.11 Å². The van der Waals surface area contributed by atoms with E-state index in [1.165, 1.54) is 0 Å². The molecular weight excluding hydrogens is 164 g/mol. The molecule has 0 bridgehead atoms. The van der Waals surface area contributed by atoms with Gasteiger partial charge in [-0.25, -0.2) is 0 Å². The number of methoxy groups -OCH3 is 1. The van der Waals surface area contributed by atoms with Gasteiger partial charge < -0.3 is 9.84 Å². The summed E-state index contributed by atoms with van der Waals surface area (Å²) < 4.78 is 4.99. The van der Waals surface area contributed by atoms with Crippen LogP contribution in [-0.2, 0) is 4.74 Å². The molecule has 2 heteroatoms. The number of hydrogen-bond acceptors (Lipinski definition) is 2. The molecule has 0 radical (unpaired) electrons. The van der Waals surface area contributed by atoms with Gasteiger partial charge in [0.2, 0.25) is 0 Å². The molecule has 0 aromatic carbocycles. The van der Waals surface area contributed by atoms with Gasteiger partial charge in [-0.3, -0.25) is 0 Å². The third-order valence-electron chi connectivity index (χ3n) is 2.96. The fraction of sp³-hybridized carbons (Fsp3) is 0.818. The Balaban J connectivity index is 2.64. The minimum atomic E-state index is -0.681. The summed E-state index contributed by atoms with van der Waals surface area (Å²) in [5.41, 5.74) is 0.380. The molecule has 0 spiro atoms. The van der Waals surface area contributed by atoms with E-state index in [0.717, 1.165) is 24.8 Å². The Morgan fingerprint density at radius 1 is 1.46 bits per heavy atom. The van der Waals surface area contributed by atoms with Crippen LogP contribution in [0.25, 0.3) is 0 Å². The fourth-order valence-electron chi connectivity index (χ4n) is 2.12. The summed E-state index contributed by atoms with van der Waals surface area (Å²) in [6.45, 7) is 8.72. The molecule has 2 nitrogen and oxygen atoms in total. The first-order valence-corrected chi connectivity index (χ1v) is 4.79. The average Bonchev–Trinajstić information content (AvgIpc) is 2.28. The largest absolute Gasteiger partial charge is 0.385 e. The minimum Gasteiger partial charge on any atom is -0.385 e. The Morgan fingerprint density at radius 3 is 2.46 bits per heavy atom. The molecule has 1 N–H and O–H groups in total. The van der Waals surface area contributed by atoms with Gasteiger partial charge in [-0.2, -0.15) is 0 Å². The highest BCUT2D eigenvalue weighted by molar-refractivity contribution is 5.17. The molecule has 0 aromatic heterocycles. The van der Waals surface area contributed by atoms with Gasteiger partial charge in [0.25, 0.3) is 0 Å². The summed E-state index contributed by atoms with van der Waals surface area (Å²) in [7, 11) is 1.63. The first-order valence-electron chi connectivity index (χ1n) is 4.79. The lowest BCUT2D eigenvalue weighted by atomic mass is 9.86. The molecule has 1 saturated carbocycles. The second-order valence-electron chi connectivity index (χ2n) is 4.91.